The molecule has 14 heavy (non-hydrogen) atoms. The molecular formula is C7H12N2O5. The van der Waals surface area contributed by atoms with Gasteiger partial charge in [-0.25, -0.2) is 0 Å². The highest BCUT2D eigenvalue weighted by atomic mass is 16.4. The maximum Gasteiger partial charge on any atom is 0.325 e. The lowest BCUT2D eigenvalue weighted by atomic mass is 10.2. The van der Waals surface area contributed by atoms with Gasteiger partial charge >= 0.3 is 11.9 Å². The van der Waals surface area contributed by atoms with E-state index in [1.54, 1.807) is 0 Å². The summed E-state index contributed by atoms with van der Waals surface area (Å²) in [5.74, 6) is -3.21. The molecule has 0 radical (unpaired) electrons. The van der Waals surface area contributed by atoms with Crippen molar-refractivity contribution in [2.75, 3.05) is 0 Å². The van der Waals surface area contributed by atoms with Crippen LogP contribution in [0, 0.1) is 0 Å². The van der Waals surface area contributed by atoms with Crippen molar-refractivity contribution in [2.24, 2.45) is 5.73 Å². The van der Waals surface area contributed by atoms with Crippen LogP contribution in [-0.2, 0) is 14.4 Å². The van der Waals surface area contributed by atoms with Crippen LogP contribution in [0.25, 0.3) is 0 Å². The fourth-order valence-electron chi connectivity index (χ4n) is 0.663. The van der Waals surface area contributed by atoms with E-state index in [-0.39, 0.29) is 0 Å². The standard InChI is InChI=1S/C7H12N2O5/c1-3(7(13)14)9-6(12)4(8)2-5(10)11/h3-4H,2,8H2,1H3,(H,9,12)(H,10,11)(H,13,14)/t3-,4?/m1/s1. The van der Waals surface area contributed by atoms with Crippen molar-refractivity contribution >= 4 is 17.8 Å². The van der Waals surface area contributed by atoms with Gasteiger partial charge in [0.15, 0.2) is 0 Å². The molecule has 0 aromatic rings. The number of carbonyl (C=O) groups is 3. The predicted octanol–water partition coefficient (Wildman–Crippen LogP) is -1.62. The molecule has 0 heterocycles. The molecule has 7 heteroatoms. The van der Waals surface area contributed by atoms with Crippen LogP contribution in [0.4, 0.5) is 0 Å². The molecule has 0 saturated carbocycles. The summed E-state index contributed by atoms with van der Waals surface area (Å²) >= 11 is 0. The first-order valence-corrected chi connectivity index (χ1v) is 3.85. The van der Waals surface area contributed by atoms with E-state index in [0.717, 1.165) is 0 Å². The molecule has 0 saturated heterocycles. The SMILES string of the molecule is C[C@@H](NC(=O)C(N)CC(=O)O)C(=O)O. The topological polar surface area (TPSA) is 130 Å². The molecule has 0 fully saturated rings. The molecule has 0 bridgehead atoms. The first kappa shape index (κ1) is 12.4. The van der Waals surface area contributed by atoms with Gasteiger partial charge in [0.05, 0.1) is 12.5 Å². The Hall–Kier alpha value is -1.63. The van der Waals surface area contributed by atoms with Crippen molar-refractivity contribution in [3.8, 4) is 0 Å². The lowest BCUT2D eigenvalue weighted by Crippen LogP contribution is -2.47. The molecule has 80 valence electrons. The summed E-state index contributed by atoms with van der Waals surface area (Å²) in [6.45, 7) is 1.26. The fraction of sp³-hybridized carbons (Fsp3) is 0.571. The van der Waals surface area contributed by atoms with Gasteiger partial charge in [-0.05, 0) is 6.92 Å². The van der Waals surface area contributed by atoms with Gasteiger partial charge in [-0.1, -0.05) is 0 Å². The number of hydrogen-bond acceptors (Lipinski definition) is 4. The van der Waals surface area contributed by atoms with E-state index in [1.807, 2.05) is 0 Å². The number of rotatable bonds is 5. The first-order chi connectivity index (χ1) is 6.34. The third kappa shape index (κ3) is 4.41. The second-order valence-electron chi connectivity index (χ2n) is 2.77. The Kier molecular flexibility index (Phi) is 4.57. The monoisotopic (exact) mass is 204 g/mol. The van der Waals surface area contributed by atoms with Crippen molar-refractivity contribution in [3.63, 3.8) is 0 Å². The van der Waals surface area contributed by atoms with E-state index in [4.69, 9.17) is 15.9 Å². The first-order valence-electron chi connectivity index (χ1n) is 3.85. The predicted molar refractivity (Wildman–Crippen MR) is 45.5 cm³/mol. The zero-order chi connectivity index (χ0) is 11.3. The van der Waals surface area contributed by atoms with Gasteiger partial charge in [0.1, 0.15) is 6.04 Å². The Morgan fingerprint density at radius 1 is 1.36 bits per heavy atom. The van der Waals surface area contributed by atoms with E-state index in [1.165, 1.54) is 6.92 Å². The highest BCUT2D eigenvalue weighted by Gasteiger charge is 2.21. The second kappa shape index (κ2) is 5.18. The Labute approximate surface area is 79.9 Å². The lowest BCUT2D eigenvalue weighted by Gasteiger charge is -2.12. The molecule has 5 N–H and O–H groups in total. The van der Waals surface area contributed by atoms with Crippen LogP contribution in [0.15, 0.2) is 0 Å². The van der Waals surface area contributed by atoms with Crippen LogP contribution < -0.4 is 11.1 Å². The molecule has 0 aliphatic heterocycles. The van der Waals surface area contributed by atoms with Gasteiger partial charge in [0.2, 0.25) is 5.91 Å². The minimum Gasteiger partial charge on any atom is -0.481 e. The average Bonchev–Trinajstić information content (AvgIpc) is 2.02. The maximum atomic E-state index is 11.0. The Morgan fingerprint density at radius 3 is 2.21 bits per heavy atom. The number of carboxylic acids is 2. The van der Waals surface area contributed by atoms with Crippen molar-refractivity contribution in [3.05, 3.63) is 0 Å². The van der Waals surface area contributed by atoms with Gasteiger partial charge in [-0.2, -0.15) is 0 Å². The van der Waals surface area contributed by atoms with Gasteiger partial charge in [-0.15, -0.1) is 0 Å². The molecule has 0 aliphatic rings. The molecular weight excluding hydrogens is 192 g/mol. The Bertz CT molecular complexity index is 252. The van der Waals surface area contributed by atoms with Gasteiger partial charge < -0.3 is 21.3 Å². The zero-order valence-electron chi connectivity index (χ0n) is 7.56. The van der Waals surface area contributed by atoms with E-state index < -0.39 is 36.4 Å². The number of carboxylic acid groups (broad SMARTS) is 2. The fourth-order valence-corrected chi connectivity index (χ4v) is 0.663. The molecule has 2 atom stereocenters. The molecule has 7 nitrogen and oxygen atoms in total. The number of aliphatic carboxylic acids is 2. The van der Waals surface area contributed by atoms with Crippen LogP contribution in [0.5, 0.6) is 0 Å². The second-order valence-corrected chi connectivity index (χ2v) is 2.77. The van der Waals surface area contributed by atoms with Crippen molar-refractivity contribution < 1.29 is 24.6 Å². The lowest BCUT2D eigenvalue weighted by molar-refractivity contribution is -0.142. The van der Waals surface area contributed by atoms with E-state index in [0.29, 0.717) is 0 Å². The smallest absolute Gasteiger partial charge is 0.325 e. The number of hydrogen-bond donors (Lipinski definition) is 4. The Balaban J connectivity index is 4.07. The quantitative estimate of drug-likeness (QED) is 0.425. The number of amides is 1. The summed E-state index contributed by atoms with van der Waals surface area (Å²) in [7, 11) is 0. The number of nitrogens with two attached hydrogens (primary N) is 1. The van der Waals surface area contributed by atoms with E-state index in [9.17, 15) is 14.4 Å². The van der Waals surface area contributed by atoms with Gasteiger partial charge in [-0.3, -0.25) is 14.4 Å². The molecule has 0 aliphatic carbocycles. The summed E-state index contributed by atoms with van der Waals surface area (Å²) in [6.07, 6.45) is -0.530. The summed E-state index contributed by atoms with van der Waals surface area (Å²) in [4.78, 5) is 31.5. The minimum atomic E-state index is -1.23. The number of nitrogens with one attached hydrogen (secondary N) is 1. The maximum absolute atomic E-state index is 11.0. The van der Waals surface area contributed by atoms with Crippen LogP contribution in [0.3, 0.4) is 0 Å². The normalized spacial score (nSPS) is 14.1. The van der Waals surface area contributed by atoms with Crippen LogP contribution in [0.2, 0.25) is 0 Å². The van der Waals surface area contributed by atoms with Gasteiger partial charge in [0.25, 0.3) is 0 Å². The number of carbonyl (C=O) groups excluding carboxylic acids is 1. The highest BCUT2D eigenvalue weighted by Crippen LogP contribution is 1.90. The summed E-state index contributed by atoms with van der Waals surface area (Å²) in [5.41, 5.74) is 5.18. The highest BCUT2D eigenvalue weighted by molar-refractivity contribution is 5.89. The van der Waals surface area contributed by atoms with Crippen LogP contribution in [-0.4, -0.2) is 40.1 Å². The third-order valence-corrected chi connectivity index (χ3v) is 1.46. The summed E-state index contributed by atoms with van der Waals surface area (Å²) in [5, 5.41) is 18.8. The van der Waals surface area contributed by atoms with Crippen molar-refractivity contribution in [2.45, 2.75) is 25.4 Å². The van der Waals surface area contributed by atoms with E-state index in [2.05, 4.69) is 5.32 Å². The summed E-state index contributed by atoms with van der Waals surface area (Å²) in [6, 6.07) is -2.31. The molecule has 1 amide bonds. The summed E-state index contributed by atoms with van der Waals surface area (Å²) < 4.78 is 0. The molecule has 0 rings (SSSR count). The molecule has 1 unspecified atom stereocenters. The zero-order valence-corrected chi connectivity index (χ0v) is 7.56. The van der Waals surface area contributed by atoms with Crippen molar-refractivity contribution in [1.29, 1.82) is 0 Å². The van der Waals surface area contributed by atoms with Crippen LogP contribution in [0.1, 0.15) is 13.3 Å². The molecule has 0 aromatic carbocycles. The largest absolute Gasteiger partial charge is 0.481 e. The molecule has 0 spiro atoms. The van der Waals surface area contributed by atoms with Crippen LogP contribution >= 0.6 is 0 Å². The Morgan fingerprint density at radius 2 is 1.86 bits per heavy atom. The molecule has 0 aromatic heterocycles. The van der Waals surface area contributed by atoms with Crippen molar-refractivity contribution in [1.82, 2.24) is 5.32 Å². The average molecular weight is 204 g/mol. The minimum absolute atomic E-state index is 0.530. The van der Waals surface area contributed by atoms with Gasteiger partial charge in [0, 0.05) is 0 Å². The van der Waals surface area contributed by atoms with E-state index >= 15 is 0 Å². The third-order valence-electron chi connectivity index (χ3n) is 1.46.